The van der Waals surface area contributed by atoms with Gasteiger partial charge in [0.1, 0.15) is 11.4 Å². The van der Waals surface area contributed by atoms with Crippen LogP contribution in [-0.2, 0) is 4.74 Å². The van der Waals surface area contributed by atoms with E-state index in [0.717, 1.165) is 38.3 Å². The fourth-order valence-electron chi connectivity index (χ4n) is 2.40. The molecule has 1 aromatic rings. The summed E-state index contributed by atoms with van der Waals surface area (Å²) in [5, 5.41) is 9.22. The monoisotopic (exact) mass is 264 g/mol. The van der Waals surface area contributed by atoms with Crippen LogP contribution in [0.2, 0.25) is 0 Å². The first kappa shape index (κ1) is 13.8. The Hall–Kier alpha value is -1.62. The van der Waals surface area contributed by atoms with Gasteiger partial charge < -0.3 is 14.7 Å². The van der Waals surface area contributed by atoms with Gasteiger partial charge in [0.05, 0.1) is 0 Å². The van der Waals surface area contributed by atoms with Crippen LogP contribution in [0.1, 0.15) is 28.9 Å². The Morgan fingerprint density at radius 1 is 1.47 bits per heavy atom. The van der Waals surface area contributed by atoms with Gasteiger partial charge in [-0.05, 0) is 37.8 Å². The van der Waals surface area contributed by atoms with Crippen molar-refractivity contribution >= 4 is 11.8 Å². The Morgan fingerprint density at radius 3 is 2.79 bits per heavy atom. The molecule has 1 saturated heterocycles. The number of aromatic nitrogens is 1. The quantitative estimate of drug-likeness (QED) is 0.900. The van der Waals surface area contributed by atoms with Crippen LogP contribution in [0, 0.1) is 12.8 Å². The Bertz CT molecular complexity index is 456. The number of ether oxygens (including phenoxy) is 1. The van der Waals surface area contributed by atoms with Crippen LogP contribution in [0.3, 0.4) is 0 Å². The minimum Gasteiger partial charge on any atom is -0.478 e. The van der Waals surface area contributed by atoms with Gasteiger partial charge in [-0.3, -0.25) is 0 Å². The Balaban J connectivity index is 2.14. The maximum absolute atomic E-state index is 11.2. The number of carboxylic acid groups (broad SMARTS) is 1. The van der Waals surface area contributed by atoms with Crippen LogP contribution in [0.5, 0.6) is 0 Å². The van der Waals surface area contributed by atoms with E-state index in [1.165, 1.54) is 0 Å². The van der Waals surface area contributed by atoms with Crippen LogP contribution in [0.15, 0.2) is 12.1 Å². The topological polar surface area (TPSA) is 62.7 Å². The molecule has 1 fully saturated rings. The number of pyridine rings is 1. The molecule has 1 aromatic heterocycles. The second-order valence-corrected chi connectivity index (χ2v) is 5.07. The Morgan fingerprint density at radius 2 is 2.16 bits per heavy atom. The average Bonchev–Trinajstić information content (AvgIpc) is 2.39. The van der Waals surface area contributed by atoms with Crippen LogP contribution in [0.25, 0.3) is 0 Å². The summed E-state index contributed by atoms with van der Waals surface area (Å²) in [6.07, 6.45) is 2.05. The van der Waals surface area contributed by atoms with Crippen molar-refractivity contribution in [3.63, 3.8) is 0 Å². The van der Waals surface area contributed by atoms with E-state index >= 15 is 0 Å². The summed E-state index contributed by atoms with van der Waals surface area (Å²) in [6, 6.07) is 3.36. The van der Waals surface area contributed by atoms with Gasteiger partial charge in [0.2, 0.25) is 0 Å². The fraction of sp³-hybridized carbons (Fsp3) is 0.571. The van der Waals surface area contributed by atoms with Gasteiger partial charge in [-0.1, -0.05) is 0 Å². The Kier molecular flexibility index (Phi) is 4.37. The molecule has 5 heteroatoms. The van der Waals surface area contributed by atoms with Gasteiger partial charge in [0, 0.05) is 32.5 Å². The van der Waals surface area contributed by atoms with E-state index in [2.05, 4.69) is 4.98 Å². The molecule has 0 saturated carbocycles. The lowest BCUT2D eigenvalue weighted by Gasteiger charge is -2.28. The molecule has 5 nitrogen and oxygen atoms in total. The summed E-state index contributed by atoms with van der Waals surface area (Å²) in [5.74, 6) is 0.169. The van der Waals surface area contributed by atoms with Crippen molar-refractivity contribution in [1.82, 2.24) is 4.98 Å². The molecule has 0 aromatic carbocycles. The summed E-state index contributed by atoms with van der Waals surface area (Å²) in [5.41, 5.74) is 1.10. The standard InChI is InChI=1S/C14H20N2O3/c1-10-3-4-12(14(17)18)13(15-10)16(2)9-11-5-7-19-8-6-11/h3-4,11H,5-9H2,1-2H3,(H,17,18). The number of rotatable bonds is 4. The van der Waals surface area contributed by atoms with E-state index in [1.54, 1.807) is 12.1 Å². The molecule has 1 N–H and O–H groups in total. The van der Waals surface area contributed by atoms with Crippen molar-refractivity contribution in [3.05, 3.63) is 23.4 Å². The third-order valence-corrected chi connectivity index (χ3v) is 3.48. The lowest BCUT2D eigenvalue weighted by molar-refractivity contribution is 0.0677. The third kappa shape index (κ3) is 3.44. The van der Waals surface area contributed by atoms with Gasteiger partial charge >= 0.3 is 5.97 Å². The first-order valence-corrected chi connectivity index (χ1v) is 6.57. The van der Waals surface area contributed by atoms with Crippen molar-refractivity contribution in [2.24, 2.45) is 5.92 Å². The molecule has 0 radical (unpaired) electrons. The summed E-state index contributed by atoms with van der Waals surface area (Å²) in [4.78, 5) is 17.6. The first-order chi connectivity index (χ1) is 9.08. The second-order valence-electron chi connectivity index (χ2n) is 5.07. The highest BCUT2D eigenvalue weighted by molar-refractivity contribution is 5.93. The summed E-state index contributed by atoms with van der Waals surface area (Å²) < 4.78 is 5.34. The van der Waals surface area contributed by atoms with E-state index < -0.39 is 5.97 Å². The van der Waals surface area contributed by atoms with Crippen LogP contribution < -0.4 is 4.90 Å². The number of aromatic carboxylic acids is 1. The Labute approximate surface area is 113 Å². The summed E-state index contributed by atoms with van der Waals surface area (Å²) in [6.45, 7) is 4.29. The molecule has 0 aliphatic carbocycles. The molecule has 2 heterocycles. The van der Waals surface area contributed by atoms with Crippen molar-refractivity contribution in [2.45, 2.75) is 19.8 Å². The minimum absolute atomic E-state index is 0.264. The van der Waals surface area contributed by atoms with E-state index in [1.807, 2.05) is 18.9 Å². The first-order valence-electron chi connectivity index (χ1n) is 6.57. The zero-order chi connectivity index (χ0) is 13.8. The normalized spacial score (nSPS) is 16.3. The largest absolute Gasteiger partial charge is 0.478 e. The lowest BCUT2D eigenvalue weighted by atomic mass is 10.00. The zero-order valence-corrected chi connectivity index (χ0v) is 11.4. The molecule has 1 aliphatic rings. The van der Waals surface area contributed by atoms with Gasteiger partial charge in [0.15, 0.2) is 0 Å². The SMILES string of the molecule is Cc1ccc(C(=O)O)c(N(C)CC2CCOCC2)n1. The fourth-order valence-corrected chi connectivity index (χ4v) is 2.40. The number of aryl methyl sites for hydroxylation is 1. The zero-order valence-electron chi connectivity index (χ0n) is 11.4. The van der Waals surface area contributed by atoms with Gasteiger partial charge in [-0.15, -0.1) is 0 Å². The molecule has 0 bridgehead atoms. The number of nitrogens with zero attached hydrogens (tertiary/aromatic N) is 2. The maximum Gasteiger partial charge on any atom is 0.339 e. The van der Waals surface area contributed by atoms with E-state index in [4.69, 9.17) is 4.74 Å². The van der Waals surface area contributed by atoms with Crippen molar-refractivity contribution in [3.8, 4) is 0 Å². The smallest absolute Gasteiger partial charge is 0.339 e. The molecule has 19 heavy (non-hydrogen) atoms. The van der Waals surface area contributed by atoms with Crippen molar-refractivity contribution in [2.75, 3.05) is 31.7 Å². The lowest BCUT2D eigenvalue weighted by Crippen LogP contribution is -2.31. The number of hydrogen-bond donors (Lipinski definition) is 1. The minimum atomic E-state index is -0.929. The molecule has 104 valence electrons. The summed E-state index contributed by atoms with van der Waals surface area (Å²) in [7, 11) is 1.91. The van der Waals surface area contributed by atoms with E-state index in [0.29, 0.717) is 11.7 Å². The number of carbonyl (C=O) groups is 1. The van der Waals surface area contributed by atoms with Gasteiger partial charge in [-0.2, -0.15) is 0 Å². The van der Waals surface area contributed by atoms with Crippen molar-refractivity contribution < 1.29 is 14.6 Å². The molecular formula is C14H20N2O3. The van der Waals surface area contributed by atoms with Gasteiger partial charge in [-0.25, -0.2) is 9.78 Å². The predicted octanol–water partition coefficient (Wildman–Crippen LogP) is 1.95. The maximum atomic E-state index is 11.2. The molecular weight excluding hydrogens is 244 g/mol. The van der Waals surface area contributed by atoms with Crippen LogP contribution in [0.4, 0.5) is 5.82 Å². The number of hydrogen-bond acceptors (Lipinski definition) is 4. The molecule has 0 amide bonds. The van der Waals surface area contributed by atoms with E-state index in [-0.39, 0.29) is 5.56 Å². The second kappa shape index (κ2) is 6.02. The number of carboxylic acids is 1. The van der Waals surface area contributed by atoms with Gasteiger partial charge in [0.25, 0.3) is 0 Å². The summed E-state index contributed by atoms with van der Waals surface area (Å²) >= 11 is 0. The highest BCUT2D eigenvalue weighted by Gasteiger charge is 2.20. The molecule has 0 spiro atoms. The molecule has 0 unspecified atom stereocenters. The van der Waals surface area contributed by atoms with Crippen molar-refractivity contribution in [1.29, 1.82) is 0 Å². The predicted molar refractivity (Wildman–Crippen MR) is 72.7 cm³/mol. The number of anilines is 1. The van der Waals surface area contributed by atoms with Crippen LogP contribution >= 0.6 is 0 Å². The molecule has 0 atom stereocenters. The molecule has 1 aliphatic heterocycles. The third-order valence-electron chi connectivity index (χ3n) is 3.48. The van der Waals surface area contributed by atoms with Crippen LogP contribution in [-0.4, -0.2) is 42.9 Å². The molecule has 2 rings (SSSR count). The highest BCUT2D eigenvalue weighted by Crippen LogP contribution is 2.22. The van der Waals surface area contributed by atoms with E-state index in [9.17, 15) is 9.90 Å². The average molecular weight is 264 g/mol. The highest BCUT2D eigenvalue weighted by atomic mass is 16.5.